The monoisotopic (exact) mass is 289 g/mol. The van der Waals surface area contributed by atoms with Crippen LogP contribution in [0.3, 0.4) is 0 Å². The minimum Gasteiger partial charge on any atom is -1.00 e. The molecule has 0 spiro atoms. The first-order chi connectivity index (χ1) is 4.56. The number of hydrogen-bond donors (Lipinski definition) is 0. The molecule has 0 aliphatic carbocycles. The van der Waals surface area contributed by atoms with Crippen LogP contribution in [0.2, 0.25) is 0 Å². The minimum absolute atomic E-state index is 0. The highest BCUT2D eigenvalue weighted by atomic mass is 127. The van der Waals surface area contributed by atoms with Crippen molar-refractivity contribution in [3.8, 4) is 0 Å². The van der Waals surface area contributed by atoms with E-state index in [1.54, 1.807) is 0 Å². The highest BCUT2D eigenvalue weighted by Gasteiger charge is 2.04. The summed E-state index contributed by atoms with van der Waals surface area (Å²) in [6.45, 7) is 2.24. The Kier molecular flexibility index (Phi) is 10.2. The molecule has 0 unspecified atom stereocenters. The van der Waals surface area contributed by atoms with Gasteiger partial charge in [-0.3, -0.25) is 0 Å². The van der Waals surface area contributed by atoms with E-state index in [4.69, 9.17) is 0 Å². The fourth-order valence-corrected chi connectivity index (χ4v) is 1.75. The second-order valence-corrected chi connectivity index (χ2v) is 4.76. The van der Waals surface area contributed by atoms with Crippen LogP contribution in [0.5, 0.6) is 0 Å². The van der Waals surface area contributed by atoms with E-state index in [1.165, 1.54) is 24.5 Å². The van der Waals surface area contributed by atoms with Crippen molar-refractivity contribution in [3.63, 3.8) is 0 Å². The van der Waals surface area contributed by atoms with Crippen molar-refractivity contribution in [2.45, 2.75) is 19.8 Å². The first kappa shape index (κ1) is 14.6. The molecule has 0 N–H and O–H groups in total. The maximum absolute atomic E-state index is 2.24. The van der Waals surface area contributed by atoms with Crippen molar-refractivity contribution in [3.05, 3.63) is 0 Å². The molecule has 0 aromatic heterocycles. The summed E-state index contributed by atoms with van der Waals surface area (Å²) in [5, 5.41) is 0. The first-order valence-corrected chi connectivity index (χ1v) is 5.10. The molecule has 0 aliphatic heterocycles. The third-order valence-corrected chi connectivity index (χ3v) is 2.66. The molecule has 70 valence electrons. The Balaban J connectivity index is 0. The third kappa shape index (κ3) is 14.0. The van der Waals surface area contributed by atoms with Crippen molar-refractivity contribution < 1.29 is 28.5 Å². The van der Waals surface area contributed by atoms with Gasteiger partial charge >= 0.3 is 0 Å². The van der Waals surface area contributed by atoms with Crippen LogP contribution in [0.4, 0.5) is 0 Å². The highest BCUT2D eigenvalue weighted by Crippen LogP contribution is 2.08. The van der Waals surface area contributed by atoms with Gasteiger partial charge < -0.3 is 28.5 Å². The Bertz CT molecular complexity index is 80.7. The van der Waals surface area contributed by atoms with Crippen molar-refractivity contribution in [1.82, 2.24) is 0 Å². The molecule has 1 nitrogen and oxygen atoms in total. The number of halogens is 1. The molecule has 0 heterocycles. The van der Waals surface area contributed by atoms with Crippen LogP contribution in [0, 0.1) is 0 Å². The van der Waals surface area contributed by atoms with Crippen LogP contribution >= 0.6 is 11.8 Å². The minimum atomic E-state index is 0. The summed E-state index contributed by atoms with van der Waals surface area (Å²) in [6.07, 6.45) is 2.69. The van der Waals surface area contributed by atoms with Crippen molar-refractivity contribution in [2.75, 3.05) is 32.8 Å². The number of thioether (sulfide) groups is 1. The fraction of sp³-hybridized carbons (Fsp3) is 1.00. The molecule has 0 aromatic rings. The number of unbranched alkanes of at least 4 members (excludes halogenated alkanes) is 1. The number of hydrogen-bond acceptors (Lipinski definition) is 1. The van der Waals surface area contributed by atoms with E-state index in [-0.39, 0.29) is 24.0 Å². The van der Waals surface area contributed by atoms with Crippen LogP contribution in [0.1, 0.15) is 19.8 Å². The summed E-state index contributed by atoms with van der Waals surface area (Å²) in [4.78, 5) is 0. The molecule has 0 atom stereocenters. The lowest BCUT2D eigenvalue weighted by Gasteiger charge is -2.22. The Morgan fingerprint density at radius 1 is 1.18 bits per heavy atom. The Morgan fingerprint density at radius 2 is 1.73 bits per heavy atom. The summed E-state index contributed by atoms with van der Waals surface area (Å²) >= 11 is 2.06. The van der Waals surface area contributed by atoms with Crippen LogP contribution in [-0.2, 0) is 0 Å². The first-order valence-electron chi connectivity index (χ1n) is 3.94. The van der Waals surface area contributed by atoms with Gasteiger partial charge in [-0.25, -0.2) is 0 Å². The van der Waals surface area contributed by atoms with E-state index in [0.717, 1.165) is 4.48 Å². The molecule has 11 heavy (non-hydrogen) atoms. The van der Waals surface area contributed by atoms with Gasteiger partial charge in [-0.05, 0) is 12.2 Å². The molecule has 0 bridgehead atoms. The van der Waals surface area contributed by atoms with Gasteiger partial charge in [0.2, 0.25) is 0 Å². The van der Waals surface area contributed by atoms with E-state index in [1.807, 2.05) is 0 Å². The van der Waals surface area contributed by atoms with Gasteiger partial charge in [0, 0.05) is 0 Å². The second kappa shape index (κ2) is 7.68. The zero-order chi connectivity index (χ0) is 8.04. The Labute approximate surface area is 92.5 Å². The molecular formula is C8H20INS. The molecular weight excluding hydrogens is 269 g/mol. The standard InChI is InChI=1S/C8H20NS.HI/c1-5-6-7-10-8-9(2,3)4;/h5-8H2,1-4H3;1H/q+1;/p-1. The van der Waals surface area contributed by atoms with Gasteiger partial charge in [0.05, 0.1) is 21.1 Å². The Morgan fingerprint density at radius 3 is 2.09 bits per heavy atom. The maximum atomic E-state index is 2.24. The average Bonchev–Trinajstić information content (AvgIpc) is 1.78. The zero-order valence-electron chi connectivity index (χ0n) is 8.06. The van der Waals surface area contributed by atoms with E-state index < -0.39 is 0 Å². The van der Waals surface area contributed by atoms with Crippen molar-refractivity contribution in [1.29, 1.82) is 0 Å². The van der Waals surface area contributed by atoms with E-state index >= 15 is 0 Å². The van der Waals surface area contributed by atoms with Gasteiger partial charge in [0.15, 0.2) is 0 Å². The lowest BCUT2D eigenvalue weighted by molar-refractivity contribution is -0.857. The molecule has 0 amide bonds. The van der Waals surface area contributed by atoms with E-state index in [2.05, 4.69) is 39.8 Å². The summed E-state index contributed by atoms with van der Waals surface area (Å²) in [7, 11) is 6.71. The predicted octanol–water partition coefficient (Wildman–Crippen LogP) is -0.813. The van der Waals surface area contributed by atoms with Crippen molar-refractivity contribution in [2.24, 2.45) is 0 Å². The molecule has 0 rings (SSSR count). The summed E-state index contributed by atoms with van der Waals surface area (Å²) in [5.41, 5.74) is 0. The van der Waals surface area contributed by atoms with Crippen molar-refractivity contribution >= 4 is 11.8 Å². The zero-order valence-corrected chi connectivity index (χ0v) is 11.0. The quantitative estimate of drug-likeness (QED) is 0.276. The smallest absolute Gasteiger partial charge is 0.125 e. The molecule has 0 aliphatic rings. The van der Waals surface area contributed by atoms with Crippen LogP contribution < -0.4 is 24.0 Å². The van der Waals surface area contributed by atoms with Gasteiger partial charge in [-0.15, -0.1) is 11.8 Å². The summed E-state index contributed by atoms with van der Waals surface area (Å²) < 4.78 is 1.08. The van der Waals surface area contributed by atoms with Crippen LogP contribution in [0.15, 0.2) is 0 Å². The van der Waals surface area contributed by atoms with E-state index in [9.17, 15) is 0 Å². The van der Waals surface area contributed by atoms with Crippen LogP contribution in [0.25, 0.3) is 0 Å². The molecule has 0 fully saturated rings. The van der Waals surface area contributed by atoms with Gasteiger partial charge in [-0.1, -0.05) is 13.3 Å². The molecule has 0 saturated heterocycles. The Hall–Kier alpha value is 1.04. The number of quaternary nitrogens is 1. The van der Waals surface area contributed by atoms with Gasteiger partial charge in [0.1, 0.15) is 5.88 Å². The fourth-order valence-electron chi connectivity index (χ4n) is 0.585. The second-order valence-electron chi connectivity index (χ2n) is 3.68. The molecule has 0 aromatic carbocycles. The van der Waals surface area contributed by atoms with E-state index in [0.29, 0.717) is 0 Å². The molecule has 3 heteroatoms. The normalized spacial score (nSPS) is 10.9. The summed E-state index contributed by atoms with van der Waals surface area (Å²) in [5.74, 6) is 2.56. The predicted molar refractivity (Wildman–Crippen MR) is 50.3 cm³/mol. The lowest BCUT2D eigenvalue weighted by atomic mass is 10.4. The number of rotatable bonds is 5. The van der Waals surface area contributed by atoms with Crippen LogP contribution in [-0.4, -0.2) is 37.3 Å². The molecule has 0 radical (unpaired) electrons. The summed E-state index contributed by atoms with van der Waals surface area (Å²) in [6, 6.07) is 0. The van der Waals surface area contributed by atoms with Gasteiger partial charge in [-0.2, -0.15) is 0 Å². The average molecular weight is 289 g/mol. The maximum Gasteiger partial charge on any atom is 0.125 e. The highest BCUT2D eigenvalue weighted by molar-refractivity contribution is 7.99. The largest absolute Gasteiger partial charge is 1.00 e. The van der Waals surface area contributed by atoms with Gasteiger partial charge in [0.25, 0.3) is 0 Å². The SMILES string of the molecule is CCCCSC[N+](C)(C)C.[I-]. The topological polar surface area (TPSA) is 0 Å². The third-order valence-electron chi connectivity index (χ3n) is 1.12. The molecule has 0 saturated carbocycles. The lowest BCUT2D eigenvalue weighted by Crippen LogP contribution is -3.00. The number of nitrogens with zero attached hydrogens (tertiary/aromatic N) is 1.